The van der Waals surface area contributed by atoms with Gasteiger partial charge < -0.3 is 10.3 Å². The fourth-order valence-corrected chi connectivity index (χ4v) is 1.66. The summed E-state index contributed by atoms with van der Waals surface area (Å²) in [5.74, 6) is 0. The highest BCUT2D eigenvalue weighted by Gasteiger charge is 2.33. The number of imidazole rings is 1. The smallest absolute Gasteiger partial charge is 0.379 e. The lowest BCUT2D eigenvalue weighted by molar-refractivity contribution is -0.137. The molecule has 0 amide bonds. The van der Waals surface area contributed by atoms with Crippen LogP contribution in [0.25, 0.3) is 0 Å². The molecule has 1 aromatic carbocycles. The molecular formula is C11H9ClF3N3. The summed E-state index contributed by atoms with van der Waals surface area (Å²) in [6.45, 7) is 0.360. The number of halogens is 4. The molecule has 0 saturated heterocycles. The van der Waals surface area contributed by atoms with Crippen molar-refractivity contribution in [2.45, 2.75) is 12.7 Å². The number of benzene rings is 1. The van der Waals surface area contributed by atoms with E-state index in [1.807, 2.05) is 0 Å². The highest BCUT2D eigenvalue weighted by Crippen LogP contribution is 2.36. The van der Waals surface area contributed by atoms with Crippen molar-refractivity contribution in [3.63, 3.8) is 0 Å². The SMILES string of the molecule is FC(F)(F)c1cc(NCc2cnc[nH]2)ccc1Cl. The number of aromatic nitrogens is 2. The Bertz CT molecular complexity index is 523. The minimum atomic E-state index is -4.46. The summed E-state index contributed by atoms with van der Waals surface area (Å²) >= 11 is 5.52. The van der Waals surface area contributed by atoms with Crippen LogP contribution in [0, 0.1) is 0 Å². The van der Waals surface area contributed by atoms with Gasteiger partial charge in [0, 0.05) is 11.9 Å². The third-order valence-corrected chi connectivity index (χ3v) is 2.64. The molecule has 18 heavy (non-hydrogen) atoms. The summed E-state index contributed by atoms with van der Waals surface area (Å²) in [6.07, 6.45) is -1.36. The molecule has 0 aliphatic carbocycles. The quantitative estimate of drug-likeness (QED) is 0.897. The Morgan fingerprint density at radius 3 is 2.72 bits per heavy atom. The summed E-state index contributed by atoms with van der Waals surface area (Å²) in [7, 11) is 0. The van der Waals surface area contributed by atoms with E-state index >= 15 is 0 Å². The molecule has 0 fully saturated rings. The molecule has 0 aliphatic heterocycles. The molecule has 0 atom stereocenters. The van der Waals surface area contributed by atoms with Crippen molar-refractivity contribution in [3.05, 3.63) is 47.0 Å². The molecule has 0 radical (unpaired) electrons. The third kappa shape index (κ3) is 2.95. The molecule has 0 saturated carbocycles. The molecule has 0 bridgehead atoms. The van der Waals surface area contributed by atoms with Crippen LogP contribution in [0.5, 0.6) is 0 Å². The molecule has 1 heterocycles. The lowest BCUT2D eigenvalue weighted by Crippen LogP contribution is -2.07. The number of nitrogens with one attached hydrogen (secondary N) is 2. The lowest BCUT2D eigenvalue weighted by atomic mass is 10.2. The Balaban J connectivity index is 2.15. The first-order chi connectivity index (χ1) is 8.47. The molecular weight excluding hydrogens is 267 g/mol. The van der Waals surface area contributed by atoms with Crippen molar-refractivity contribution < 1.29 is 13.2 Å². The van der Waals surface area contributed by atoms with Gasteiger partial charge in [0.25, 0.3) is 0 Å². The highest BCUT2D eigenvalue weighted by molar-refractivity contribution is 6.31. The van der Waals surface area contributed by atoms with Crippen LogP contribution in [0.3, 0.4) is 0 Å². The van der Waals surface area contributed by atoms with E-state index < -0.39 is 11.7 Å². The average molecular weight is 276 g/mol. The van der Waals surface area contributed by atoms with Crippen LogP contribution in [0.15, 0.2) is 30.7 Å². The summed E-state index contributed by atoms with van der Waals surface area (Å²) in [4.78, 5) is 6.65. The Kier molecular flexibility index (Phi) is 3.47. The Morgan fingerprint density at radius 1 is 1.33 bits per heavy atom. The second-order valence-corrected chi connectivity index (χ2v) is 4.03. The molecule has 2 aromatic rings. The number of H-pyrrole nitrogens is 1. The number of nitrogens with zero attached hydrogens (tertiary/aromatic N) is 1. The fourth-order valence-electron chi connectivity index (χ4n) is 1.43. The van der Waals surface area contributed by atoms with Gasteiger partial charge >= 0.3 is 6.18 Å². The van der Waals surface area contributed by atoms with E-state index in [2.05, 4.69) is 15.3 Å². The number of hydrogen-bond donors (Lipinski definition) is 2. The lowest BCUT2D eigenvalue weighted by Gasteiger charge is -2.11. The van der Waals surface area contributed by atoms with Crippen LogP contribution in [0.1, 0.15) is 11.3 Å². The van der Waals surface area contributed by atoms with E-state index in [1.54, 1.807) is 6.20 Å². The molecule has 0 unspecified atom stereocenters. The van der Waals surface area contributed by atoms with Crippen LogP contribution in [-0.2, 0) is 12.7 Å². The van der Waals surface area contributed by atoms with Gasteiger partial charge in [-0.1, -0.05) is 11.6 Å². The number of anilines is 1. The minimum absolute atomic E-state index is 0.311. The largest absolute Gasteiger partial charge is 0.417 e. The van der Waals surface area contributed by atoms with E-state index in [4.69, 9.17) is 11.6 Å². The van der Waals surface area contributed by atoms with E-state index in [-0.39, 0.29) is 5.02 Å². The van der Waals surface area contributed by atoms with Gasteiger partial charge in [0.15, 0.2) is 0 Å². The van der Waals surface area contributed by atoms with Gasteiger partial charge in [-0.2, -0.15) is 13.2 Å². The third-order valence-electron chi connectivity index (χ3n) is 2.31. The summed E-state index contributed by atoms with van der Waals surface area (Å²) in [5, 5.41) is 2.55. The molecule has 7 heteroatoms. The Morgan fingerprint density at radius 2 is 2.11 bits per heavy atom. The molecule has 3 nitrogen and oxygen atoms in total. The highest BCUT2D eigenvalue weighted by atomic mass is 35.5. The van der Waals surface area contributed by atoms with Crippen LogP contribution in [0.2, 0.25) is 5.02 Å². The van der Waals surface area contributed by atoms with Crippen molar-refractivity contribution >= 4 is 17.3 Å². The number of rotatable bonds is 3. The van der Waals surface area contributed by atoms with Gasteiger partial charge in [-0.05, 0) is 18.2 Å². The fraction of sp³-hybridized carbons (Fsp3) is 0.182. The zero-order valence-corrected chi connectivity index (χ0v) is 9.81. The van der Waals surface area contributed by atoms with Gasteiger partial charge in [-0.15, -0.1) is 0 Å². The van der Waals surface area contributed by atoms with Crippen molar-refractivity contribution in [1.29, 1.82) is 0 Å². The summed E-state index contributed by atoms with van der Waals surface area (Å²) in [6, 6.07) is 3.70. The van der Waals surface area contributed by atoms with Crippen molar-refractivity contribution in [3.8, 4) is 0 Å². The maximum Gasteiger partial charge on any atom is 0.417 e. The number of hydrogen-bond acceptors (Lipinski definition) is 2. The van der Waals surface area contributed by atoms with Crippen molar-refractivity contribution in [1.82, 2.24) is 9.97 Å². The molecule has 2 rings (SSSR count). The van der Waals surface area contributed by atoms with E-state index in [0.29, 0.717) is 12.2 Å². The van der Waals surface area contributed by atoms with Gasteiger partial charge in [0.1, 0.15) is 0 Å². The Hall–Kier alpha value is -1.69. The molecule has 0 aliphatic rings. The first kappa shape index (κ1) is 12.8. The molecule has 0 spiro atoms. The van der Waals surface area contributed by atoms with Gasteiger partial charge in [0.2, 0.25) is 0 Å². The van der Waals surface area contributed by atoms with Gasteiger partial charge in [-0.25, -0.2) is 4.98 Å². The van der Waals surface area contributed by atoms with Crippen LogP contribution >= 0.6 is 11.6 Å². The maximum atomic E-state index is 12.6. The number of alkyl halides is 3. The van der Waals surface area contributed by atoms with E-state index in [0.717, 1.165) is 11.8 Å². The molecule has 96 valence electrons. The molecule has 1 aromatic heterocycles. The van der Waals surface area contributed by atoms with Crippen molar-refractivity contribution in [2.75, 3.05) is 5.32 Å². The predicted molar refractivity (Wildman–Crippen MR) is 62.4 cm³/mol. The summed E-state index contributed by atoms with van der Waals surface area (Å²) in [5.41, 5.74) is 0.276. The first-order valence-electron chi connectivity index (χ1n) is 5.04. The van der Waals surface area contributed by atoms with E-state index in [9.17, 15) is 13.2 Å². The number of aromatic amines is 1. The average Bonchev–Trinajstić information content (AvgIpc) is 2.79. The second-order valence-electron chi connectivity index (χ2n) is 3.62. The van der Waals surface area contributed by atoms with Gasteiger partial charge in [-0.3, -0.25) is 0 Å². The zero-order valence-electron chi connectivity index (χ0n) is 9.05. The molecule has 2 N–H and O–H groups in total. The topological polar surface area (TPSA) is 40.7 Å². The predicted octanol–water partition coefficient (Wildman–Crippen LogP) is 3.69. The minimum Gasteiger partial charge on any atom is -0.379 e. The van der Waals surface area contributed by atoms with Gasteiger partial charge in [0.05, 0.1) is 29.2 Å². The van der Waals surface area contributed by atoms with Crippen LogP contribution in [0.4, 0.5) is 18.9 Å². The summed E-state index contributed by atoms with van der Waals surface area (Å²) < 4.78 is 37.8. The zero-order chi connectivity index (χ0) is 13.2. The Labute approximate surface area is 106 Å². The normalized spacial score (nSPS) is 11.6. The van der Waals surface area contributed by atoms with E-state index in [1.165, 1.54) is 18.5 Å². The maximum absolute atomic E-state index is 12.6. The van der Waals surface area contributed by atoms with Crippen LogP contribution in [-0.4, -0.2) is 9.97 Å². The standard InChI is InChI=1S/C11H9ClF3N3/c12-10-2-1-7(3-9(10)11(13,14)15)17-5-8-4-16-6-18-8/h1-4,6,17H,5H2,(H,16,18). The second kappa shape index (κ2) is 4.89. The monoisotopic (exact) mass is 275 g/mol. The van der Waals surface area contributed by atoms with Crippen LogP contribution < -0.4 is 5.32 Å². The first-order valence-corrected chi connectivity index (χ1v) is 5.42. The van der Waals surface area contributed by atoms with Crippen molar-refractivity contribution in [2.24, 2.45) is 0 Å².